The normalized spacial score (nSPS) is 14.2. The maximum Gasteiger partial charge on any atom is 0.159 e. The van der Waals surface area contributed by atoms with Gasteiger partial charge in [0.15, 0.2) is 5.84 Å². The van der Waals surface area contributed by atoms with E-state index in [0.29, 0.717) is 5.84 Å². The molecule has 9 aromatic carbocycles. The van der Waals surface area contributed by atoms with Crippen LogP contribution in [0.5, 0.6) is 0 Å². The highest BCUT2D eigenvalue weighted by molar-refractivity contribution is 6.17. The second kappa shape index (κ2) is 14.0. The Balaban J connectivity index is 0.922. The summed E-state index contributed by atoms with van der Waals surface area (Å²) in [6, 6.07) is 75.0. The van der Waals surface area contributed by atoms with Gasteiger partial charge in [0.25, 0.3) is 0 Å². The molecule has 1 unspecified atom stereocenters. The Morgan fingerprint density at radius 3 is 1.75 bits per heavy atom. The lowest BCUT2D eigenvalue weighted by atomic mass is 10.00. The van der Waals surface area contributed by atoms with Crippen molar-refractivity contribution in [2.24, 2.45) is 9.98 Å². The molecule has 296 valence electrons. The van der Waals surface area contributed by atoms with Gasteiger partial charge in [0.1, 0.15) is 23.2 Å². The molecule has 6 nitrogen and oxygen atoms in total. The van der Waals surface area contributed by atoms with Crippen molar-refractivity contribution < 1.29 is 4.42 Å². The number of hydrogen-bond donors (Lipinski definition) is 1. The maximum atomic E-state index is 6.60. The summed E-state index contributed by atoms with van der Waals surface area (Å²) >= 11 is 0. The molecule has 1 atom stereocenters. The zero-order chi connectivity index (χ0) is 41.4. The first-order valence-corrected chi connectivity index (χ1v) is 21.4. The Bertz CT molecular complexity index is 3820. The van der Waals surface area contributed by atoms with E-state index in [0.717, 1.165) is 83.4 Å². The SMILES string of the molecule is c1ccc(C2=NC(c3ccc4c(c3)oc3ccc(-c5ccc6c(c5)c5ccccc5n6-c5ccccc5)cc34)=NC(c3cccc4c3c3ccccc3n4-c3ccccc3)N2)cc1. The van der Waals surface area contributed by atoms with Gasteiger partial charge in [-0.15, -0.1) is 0 Å². The van der Waals surface area contributed by atoms with E-state index >= 15 is 0 Å². The summed E-state index contributed by atoms with van der Waals surface area (Å²) < 4.78 is 11.3. The highest BCUT2D eigenvalue weighted by Crippen LogP contribution is 2.40. The molecule has 0 bridgehead atoms. The van der Waals surface area contributed by atoms with Crippen LogP contribution in [0.2, 0.25) is 0 Å². The molecule has 0 fully saturated rings. The number of fused-ring (bicyclic) bond motifs is 9. The molecule has 0 amide bonds. The Labute approximate surface area is 362 Å². The molecular weight excluding hydrogens is 771 g/mol. The number of nitrogens with one attached hydrogen (secondary N) is 1. The molecule has 0 aliphatic carbocycles. The first-order valence-electron chi connectivity index (χ1n) is 21.4. The van der Waals surface area contributed by atoms with Crippen LogP contribution in [0.3, 0.4) is 0 Å². The highest BCUT2D eigenvalue weighted by Gasteiger charge is 2.26. The molecule has 6 heteroatoms. The summed E-state index contributed by atoms with van der Waals surface area (Å²) in [7, 11) is 0. The van der Waals surface area contributed by atoms with E-state index in [1.165, 1.54) is 27.2 Å². The Hall–Kier alpha value is -8.48. The summed E-state index contributed by atoms with van der Waals surface area (Å²) in [6.45, 7) is 0. The van der Waals surface area contributed by atoms with Crippen molar-refractivity contribution in [2.45, 2.75) is 6.17 Å². The van der Waals surface area contributed by atoms with Crippen LogP contribution in [-0.4, -0.2) is 20.8 Å². The van der Waals surface area contributed by atoms with Crippen LogP contribution < -0.4 is 5.32 Å². The molecular formula is C57H37N5O. The quantitative estimate of drug-likeness (QED) is 0.182. The predicted molar refractivity (Wildman–Crippen MR) is 260 cm³/mol. The van der Waals surface area contributed by atoms with Gasteiger partial charge in [-0.3, -0.25) is 0 Å². The van der Waals surface area contributed by atoms with Crippen LogP contribution in [0.1, 0.15) is 22.9 Å². The van der Waals surface area contributed by atoms with Crippen molar-refractivity contribution in [1.82, 2.24) is 14.5 Å². The highest BCUT2D eigenvalue weighted by atomic mass is 16.3. The van der Waals surface area contributed by atoms with Gasteiger partial charge in [-0.05, 0) is 90.0 Å². The number of hydrogen-bond acceptors (Lipinski definition) is 4. The number of nitrogens with zero attached hydrogens (tertiary/aromatic N) is 4. The smallest absolute Gasteiger partial charge is 0.159 e. The lowest BCUT2D eigenvalue weighted by molar-refractivity contribution is 0.668. The number of benzene rings is 9. The van der Waals surface area contributed by atoms with Gasteiger partial charge < -0.3 is 18.9 Å². The summed E-state index contributed by atoms with van der Waals surface area (Å²) in [6.07, 6.45) is -0.403. The molecule has 0 radical (unpaired) electrons. The molecule has 0 saturated carbocycles. The van der Waals surface area contributed by atoms with Crippen molar-refractivity contribution in [2.75, 3.05) is 0 Å². The molecule has 0 spiro atoms. The number of amidine groups is 2. The number of para-hydroxylation sites is 4. The van der Waals surface area contributed by atoms with Crippen LogP contribution in [0.4, 0.5) is 0 Å². The Morgan fingerprint density at radius 1 is 0.397 bits per heavy atom. The minimum atomic E-state index is -0.403. The summed E-state index contributed by atoms with van der Waals surface area (Å²) in [5, 5.41) is 10.7. The van der Waals surface area contributed by atoms with Crippen LogP contribution in [0.25, 0.3) is 88.1 Å². The standard InChI is InChI=1S/C57H37N5O/c1-4-15-36(16-5-1)55-58-56(60-57(59-55)45-23-14-26-51-54(45)44-22-11-13-25-49(44)62(51)41-19-8-3-9-20-41)39-27-30-43-47-34-38(29-32-52(47)63-53(43)35-39)37-28-31-50-46(33-37)42-21-10-12-24-48(42)61(50)40-17-6-2-7-18-40/h1-35,57H,(H,58,59,60). The van der Waals surface area contributed by atoms with Crippen molar-refractivity contribution >= 4 is 77.2 Å². The summed E-state index contributed by atoms with van der Waals surface area (Å²) in [5.41, 5.74) is 13.8. The van der Waals surface area contributed by atoms with E-state index in [2.05, 4.69) is 209 Å². The molecule has 12 aromatic rings. The maximum absolute atomic E-state index is 6.60. The third kappa shape index (κ3) is 5.65. The number of aliphatic imine (C=N–C) groups is 2. The lowest BCUT2D eigenvalue weighted by Crippen LogP contribution is -2.33. The van der Waals surface area contributed by atoms with Crippen molar-refractivity contribution in [1.29, 1.82) is 0 Å². The van der Waals surface area contributed by atoms with Crippen molar-refractivity contribution in [3.05, 3.63) is 229 Å². The molecule has 1 N–H and O–H groups in total. The average Bonchev–Trinajstić information content (AvgIpc) is 4.01. The predicted octanol–water partition coefficient (Wildman–Crippen LogP) is 13.9. The summed E-state index contributed by atoms with van der Waals surface area (Å²) in [4.78, 5) is 10.6. The Morgan fingerprint density at radius 2 is 0.984 bits per heavy atom. The van der Waals surface area contributed by atoms with Crippen LogP contribution in [0.15, 0.2) is 227 Å². The lowest BCUT2D eigenvalue weighted by Gasteiger charge is -2.24. The number of furan rings is 1. The van der Waals surface area contributed by atoms with Gasteiger partial charge in [0, 0.05) is 60.4 Å². The molecule has 3 aromatic heterocycles. The fourth-order valence-electron chi connectivity index (χ4n) is 9.72. The summed E-state index contributed by atoms with van der Waals surface area (Å²) in [5.74, 6) is 1.42. The minimum Gasteiger partial charge on any atom is -0.456 e. The van der Waals surface area contributed by atoms with Gasteiger partial charge in [-0.2, -0.15) is 0 Å². The molecule has 13 rings (SSSR count). The zero-order valence-corrected chi connectivity index (χ0v) is 34.0. The molecule has 0 saturated heterocycles. The minimum absolute atomic E-state index is 0.403. The van der Waals surface area contributed by atoms with E-state index in [1.807, 2.05) is 18.2 Å². The van der Waals surface area contributed by atoms with E-state index in [1.54, 1.807) is 0 Å². The monoisotopic (exact) mass is 807 g/mol. The first-order chi connectivity index (χ1) is 31.2. The second-order valence-corrected chi connectivity index (χ2v) is 16.2. The van der Waals surface area contributed by atoms with Gasteiger partial charge in [0.05, 0.1) is 22.1 Å². The topological polar surface area (TPSA) is 59.8 Å². The number of rotatable bonds is 6. The van der Waals surface area contributed by atoms with Crippen LogP contribution in [-0.2, 0) is 0 Å². The first kappa shape index (κ1) is 35.3. The van der Waals surface area contributed by atoms with Crippen molar-refractivity contribution in [3.63, 3.8) is 0 Å². The third-order valence-corrected chi connectivity index (χ3v) is 12.6. The molecule has 1 aliphatic heterocycles. The van der Waals surface area contributed by atoms with Gasteiger partial charge in [-0.25, -0.2) is 9.98 Å². The van der Waals surface area contributed by atoms with Gasteiger partial charge >= 0.3 is 0 Å². The zero-order valence-electron chi connectivity index (χ0n) is 34.0. The van der Waals surface area contributed by atoms with Gasteiger partial charge in [0.2, 0.25) is 0 Å². The fraction of sp³-hybridized carbons (Fsp3) is 0.0175. The number of aromatic nitrogens is 2. The van der Waals surface area contributed by atoms with Crippen LogP contribution in [0, 0.1) is 0 Å². The van der Waals surface area contributed by atoms with E-state index in [-0.39, 0.29) is 0 Å². The molecule has 4 heterocycles. The van der Waals surface area contributed by atoms with E-state index in [9.17, 15) is 0 Å². The largest absolute Gasteiger partial charge is 0.456 e. The van der Waals surface area contributed by atoms with Crippen molar-refractivity contribution in [3.8, 4) is 22.5 Å². The molecule has 63 heavy (non-hydrogen) atoms. The van der Waals surface area contributed by atoms with E-state index in [4.69, 9.17) is 14.4 Å². The third-order valence-electron chi connectivity index (χ3n) is 12.6. The van der Waals surface area contributed by atoms with Crippen LogP contribution >= 0.6 is 0 Å². The molecule has 1 aliphatic rings. The Kier molecular flexibility index (Phi) is 7.87. The van der Waals surface area contributed by atoms with E-state index < -0.39 is 6.17 Å². The van der Waals surface area contributed by atoms with Gasteiger partial charge in [-0.1, -0.05) is 133 Å². The fourth-order valence-corrected chi connectivity index (χ4v) is 9.72. The average molecular weight is 808 g/mol. The second-order valence-electron chi connectivity index (χ2n) is 16.2.